The quantitative estimate of drug-likeness (QED) is 0.537. The van der Waals surface area contributed by atoms with Crippen LogP contribution in [0, 0.1) is 0 Å². The summed E-state index contributed by atoms with van der Waals surface area (Å²) in [5, 5.41) is 0. The maximum absolute atomic E-state index is 4.06. The van der Waals surface area contributed by atoms with E-state index in [9.17, 15) is 0 Å². The number of H-pyrrole nitrogens is 2. The van der Waals surface area contributed by atoms with Crippen LogP contribution in [-0.2, 0) is 0 Å². The number of rotatable bonds is 3. The molecule has 22 heavy (non-hydrogen) atoms. The van der Waals surface area contributed by atoms with Gasteiger partial charge in [-0.25, -0.2) is 9.97 Å². The number of nitrogens with one attached hydrogen (secondary N) is 2. The number of imidazole rings is 2. The molecule has 4 heterocycles. The zero-order valence-corrected chi connectivity index (χ0v) is 14.0. The van der Waals surface area contributed by atoms with Crippen LogP contribution in [-0.4, -0.2) is 19.9 Å². The summed E-state index contributed by atoms with van der Waals surface area (Å²) in [6, 6.07) is 8.57. The first kappa shape index (κ1) is 14.7. The van der Waals surface area contributed by atoms with Gasteiger partial charge < -0.3 is 9.97 Å². The van der Waals surface area contributed by atoms with Crippen LogP contribution < -0.4 is 0 Å². The lowest BCUT2D eigenvalue weighted by Gasteiger charge is -1.91. The SMILES string of the molecule is CC.c1ncc(-c2ccc(-c3ccc(-c4cnc[nH]4)s3)s2)[nH]1. The van der Waals surface area contributed by atoms with Crippen molar-refractivity contribution in [3.05, 3.63) is 49.3 Å². The van der Waals surface area contributed by atoms with Gasteiger partial charge in [0, 0.05) is 9.75 Å². The number of aromatic nitrogens is 4. The maximum atomic E-state index is 4.06. The summed E-state index contributed by atoms with van der Waals surface area (Å²) in [6.45, 7) is 4.00. The van der Waals surface area contributed by atoms with Gasteiger partial charge in [0.2, 0.25) is 0 Å². The van der Waals surface area contributed by atoms with Crippen molar-refractivity contribution < 1.29 is 0 Å². The Morgan fingerprint density at radius 2 is 1.09 bits per heavy atom. The van der Waals surface area contributed by atoms with Crippen LogP contribution in [0.5, 0.6) is 0 Å². The van der Waals surface area contributed by atoms with Gasteiger partial charge in [0.05, 0.1) is 46.2 Å². The second-order valence-electron chi connectivity index (χ2n) is 4.26. The highest BCUT2D eigenvalue weighted by atomic mass is 32.1. The smallest absolute Gasteiger partial charge is 0.0924 e. The van der Waals surface area contributed by atoms with Gasteiger partial charge in [-0.3, -0.25) is 0 Å². The van der Waals surface area contributed by atoms with Crippen LogP contribution in [0.4, 0.5) is 0 Å². The number of nitrogens with zero attached hydrogens (tertiary/aromatic N) is 2. The molecular formula is C16H16N4S2. The van der Waals surface area contributed by atoms with E-state index in [0.717, 1.165) is 11.4 Å². The summed E-state index contributed by atoms with van der Waals surface area (Å²) in [5.74, 6) is 0. The molecule has 0 aliphatic heterocycles. The van der Waals surface area contributed by atoms with Crippen LogP contribution in [0.1, 0.15) is 13.8 Å². The molecule has 4 aromatic rings. The molecule has 4 nitrogen and oxygen atoms in total. The Balaban J connectivity index is 0.000000693. The summed E-state index contributed by atoms with van der Waals surface area (Å²) >= 11 is 3.54. The third-order valence-electron chi connectivity index (χ3n) is 2.98. The number of hydrogen-bond donors (Lipinski definition) is 2. The molecule has 0 unspecified atom stereocenters. The third kappa shape index (κ3) is 2.88. The molecule has 0 saturated heterocycles. The standard InChI is InChI=1S/C14H10N4S2.C2H6/c1-3-13(19-11(1)9-5-15-7-17-9)14-4-2-12(20-14)10-6-16-8-18-10;1-2/h1-8H,(H,15,17)(H,16,18);1-2H3. The minimum Gasteiger partial charge on any atom is -0.344 e. The zero-order chi connectivity index (χ0) is 15.4. The van der Waals surface area contributed by atoms with E-state index < -0.39 is 0 Å². The first-order valence-electron chi connectivity index (χ1n) is 7.08. The van der Waals surface area contributed by atoms with Crippen molar-refractivity contribution >= 4 is 22.7 Å². The van der Waals surface area contributed by atoms with E-state index >= 15 is 0 Å². The number of hydrogen-bond acceptors (Lipinski definition) is 4. The van der Waals surface area contributed by atoms with Gasteiger partial charge in [-0.05, 0) is 24.3 Å². The Morgan fingerprint density at radius 1 is 0.682 bits per heavy atom. The summed E-state index contributed by atoms with van der Waals surface area (Å²) < 4.78 is 0. The second-order valence-corrected chi connectivity index (χ2v) is 6.43. The summed E-state index contributed by atoms with van der Waals surface area (Å²) in [4.78, 5) is 19.3. The highest BCUT2D eigenvalue weighted by molar-refractivity contribution is 7.25. The molecule has 0 bridgehead atoms. The lowest BCUT2D eigenvalue weighted by atomic mass is 10.3. The van der Waals surface area contributed by atoms with Crippen molar-refractivity contribution in [1.82, 2.24) is 19.9 Å². The first-order chi connectivity index (χ1) is 10.9. The fourth-order valence-electron chi connectivity index (χ4n) is 2.01. The number of aromatic amines is 2. The topological polar surface area (TPSA) is 57.4 Å². The molecule has 0 atom stereocenters. The Bertz CT molecular complexity index is 740. The van der Waals surface area contributed by atoms with E-state index in [1.54, 1.807) is 35.3 Å². The predicted octanol–water partition coefficient (Wildman–Crippen LogP) is 5.28. The molecule has 112 valence electrons. The zero-order valence-electron chi connectivity index (χ0n) is 12.3. The summed E-state index contributed by atoms with van der Waals surface area (Å²) in [6.07, 6.45) is 7.10. The van der Waals surface area contributed by atoms with Crippen LogP contribution in [0.3, 0.4) is 0 Å². The predicted molar refractivity (Wildman–Crippen MR) is 94.1 cm³/mol. The van der Waals surface area contributed by atoms with Crippen molar-refractivity contribution in [2.45, 2.75) is 13.8 Å². The summed E-state index contributed by atoms with van der Waals surface area (Å²) in [7, 11) is 0. The van der Waals surface area contributed by atoms with Gasteiger partial charge in [0.25, 0.3) is 0 Å². The maximum Gasteiger partial charge on any atom is 0.0924 e. The molecule has 0 radical (unpaired) electrons. The van der Waals surface area contributed by atoms with E-state index in [-0.39, 0.29) is 0 Å². The monoisotopic (exact) mass is 328 g/mol. The molecule has 4 rings (SSSR count). The van der Waals surface area contributed by atoms with Crippen molar-refractivity contribution in [3.8, 4) is 30.9 Å². The Morgan fingerprint density at radius 3 is 1.45 bits per heavy atom. The molecule has 0 amide bonds. The summed E-state index contributed by atoms with van der Waals surface area (Å²) in [5.41, 5.74) is 2.12. The second kappa shape index (κ2) is 6.72. The molecule has 0 aliphatic carbocycles. The van der Waals surface area contributed by atoms with E-state index in [1.807, 2.05) is 26.2 Å². The third-order valence-corrected chi connectivity index (χ3v) is 5.42. The van der Waals surface area contributed by atoms with Gasteiger partial charge in [-0.15, -0.1) is 22.7 Å². The molecule has 0 aromatic carbocycles. The lowest BCUT2D eigenvalue weighted by Crippen LogP contribution is -1.66. The van der Waals surface area contributed by atoms with E-state index in [4.69, 9.17) is 0 Å². The average Bonchev–Trinajstić information content (AvgIpc) is 3.37. The van der Waals surface area contributed by atoms with Crippen molar-refractivity contribution in [2.75, 3.05) is 0 Å². The average molecular weight is 328 g/mol. The number of thiophene rings is 2. The van der Waals surface area contributed by atoms with Gasteiger partial charge in [0.1, 0.15) is 0 Å². The highest BCUT2D eigenvalue weighted by Gasteiger charge is 2.09. The van der Waals surface area contributed by atoms with Crippen LogP contribution >= 0.6 is 22.7 Å². The van der Waals surface area contributed by atoms with Gasteiger partial charge in [-0.2, -0.15) is 0 Å². The molecule has 0 saturated carbocycles. The molecule has 0 fully saturated rings. The minimum absolute atomic E-state index is 1.06. The van der Waals surface area contributed by atoms with E-state index in [2.05, 4.69) is 44.2 Å². The van der Waals surface area contributed by atoms with Crippen LogP contribution in [0.2, 0.25) is 0 Å². The van der Waals surface area contributed by atoms with Crippen molar-refractivity contribution in [2.24, 2.45) is 0 Å². The molecule has 0 spiro atoms. The van der Waals surface area contributed by atoms with Gasteiger partial charge >= 0.3 is 0 Å². The molecule has 0 aliphatic rings. The Labute approximate surface area is 136 Å². The largest absolute Gasteiger partial charge is 0.344 e. The fourth-order valence-corrected chi connectivity index (χ4v) is 4.06. The van der Waals surface area contributed by atoms with E-state index in [1.165, 1.54) is 19.5 Å². The minimum atomic E-state index is 1.06. The first-order valence-corrected chi connectivity index (χ1v) is 8.71. The fraction of sp³-hybridized carbons (Fsp3) is 0.125. The highest BCUT2D eigenvalue weighted by Crippen LogP contribution is 2.39. The van der Waals surface area contributed by atoms with Gasteiger partial charge in [-0.1, -0.05) is 13.8 Å². The van der Waals surface area contributed by atoms with Crippen molar-refractivity contribution in [3.63, 3.8) is 0 Å². The van der Waals surface area contributed by atoms with E-state index in [0.29, 0.717) is 0 Å². The Hall–Kier alpha value is -2.18. The van der Waals surface area contributed by atoms with Crippen molar-refractivity contribution in [1.29, 1.82) is 0 Å². The molecule has 6 heteroatoms. The van der Waals surface area contributed by atoms with Crippen LogP contribution in [0.25, 0.3) is 30.9 Å². The molecular weight excluding hydrogens is 312 g/mol. The lowest BCUT2D eigenvalue weighted by molar-refractivity contribution is 1.32. The molecule has 2 N–H and O–H groups in total. The van der Waals surface area contributed by atoms with Crippen LogP contribution in [0.15, 0.2) is 49.3 Å². The Kier molecular flexibility index (Phi) is 4.50. The normalized spacial score (nSPS) is 10.3. The van der Waals surface area contributed by atoms with Gasteiger partial charge in [0.15, 0.2) is 0 Å². The molecule has 4 aromatic heterocycles.